The van der Waals surface area contributed by atoms with E-state index in [0.29, 0.717) is 48.7 Å². The predicted molar refractivity (Wildman–Crippen MR) is 123 cm³/mol. The van der Waals surface area contributed by atoms with Crippen molar-refractivity contribution in [2.75, 3.05) is 38.9 Å². The average molecular weight is 490 g/mol. The fourth-order valence-corrected chi connectivity index (χ4v) is 4.14. The van der Waals surface area contributed by atoms with Crippen molar-refractivity contribution in [3.8, 4) is 23.0 Å². The van der Waals surface area contributed by atoms with E-state index in [1.165, 1.54) is 19.2 Å². The Morgan fingerprint density at radius 1 is 1.15 bits per heavy atom. The summed E-state index contributed by atoms with van der Waals surface area (Å²) in [6, 6.07) is 8.21. The van der Waals surface area contributed by atoms with Crippen molar-refractivity contribution in [3.63, 3.8) is 0 Å². The highest BCUT2D eigenvalue weighted by Crippen LogP contribution is 2.37. The number of likely N-dealkylation sites (tertiary alicyclic amines) is 1. The van der Waals surface area contributed by atoms with Gasteiger partial charge in [-0.1, -0.05) is 11.6 Å². The fraction of sp³-hybridized carbons (Fsp3) is 0.348. The molecule has 1 fully saturated rings. The molecule has 2 aromatic rings. The van der Waals surface area contributed by atoms with Crippen LogP contribution in [0.25, 0.3) is 0 Å². The van der Waals surface area contributed by atoms with E-state index in [1.54, 1.807) is 23.1 Å². The van der Waals surface area contributed by atoms with Crippen LogP contribution >= 0.6 is 11.6 Å². The Morgan fingerprint density at radius 3 is 2.59 bits per heavy atom. The molecule has 2 aliphatic heterocycles. The number of primary amides is 1. The lowest BCUT2D eigenvalue weighted by Gasteiger charge is -2.31. The zero-order chi connectivity index (χ0) is 24.2. The van der Waals surface area contributed by atoms with Crippen LogP contribution in [-0.2, 0) is 9.59 Å². The van der Waals surface area contributed by atoms with Gasteiger partial charge in [0.05, 0.1) is 12.1 Å². The summed E-state index contributed by atoms with van der Waals surface area (Å²) in [6.07, 6.45) is 1.04. The van der Waals surface area contributed by atoms with Gasteiger partial charge >= 0.3 is 0 Å². The Labute approximate surface area is 200 Å². The standard InChI is InChI=1S/C23H24ClN3O7/c1-31-19-9-14(8-16(24)21(19)32-11-20(25)28)23(30)27-6-4-13(5-7-27)22(29)26-15-2-3-17-18(10-15)34-12-33-17/h2-3,8-10,13H,4-7,11-12H2,1H3,(H2,25,28)(H,26,29). The van der Waals surface area contributed by atoms with E-state index < -0.39 is 5.91 Å². The van der Waals surface area contributed by atoms with Gasteiger partial charge in [-0.3, -0.25) is 14.4 Å². The molecular formula is C23H24ClN3O7. The number of nitrogens with zero attached hydrogens (tertiary/aromatic N) is 1. The van der Waals surface area contributed by atoms with Gasteiger partial charge < -0.3 is 34.9 Å². The molecular weight excluding hydrogens is 466 g/mol. The number of ether oxygens (including phenoxy) is 4. The molecule has 3 amide bonds. The number of amides is 3. The van der Waals surface area contributed by atoms with Crippen LogP contribution in [0.5, 0.6) is 23.0 Å². The Kier molecular flexibility index (Phi) is 6.97. The molecule has 0 unspecified atom stereocenters. The summed E-state index contributed by atoms with van der Waals surface area (Å²) in [5.74, 6) is 0.365. The third kappa shape index (κ3) is 5.12. The molecule has 2 aromatic carbocycles. The lowest BCUT2D eigenvalue weighted by molar-refractivity contribution is -0.121. The van der Waals surface area contributed by atoms with Crippen molar-refractivity contribution in [3.05, 3.63) is 40.9 Å². The van der Waals surface area contributed by atoms with Gasteiger partial charge in [0.15, 0.2) is 29.6 Å². The monoisotopic (exact) mass is 489 g/mol. The molecule has 0 radical (unpaired) electrons. The number of halogens is 1. The first kappa shape index (κ1) is 23.5. The van der Waals surface area contributed by atoms with Gasteiger partial charge in [-0.25, -0.2) is 0 Å². The van der Waals surface area contributed by atoms with Crippen molar-refractivity contribution in [2.24, 2.45) is 11.7 Å². The Balaban J connectivity index is 1.36. The number of benzene rings is 2. The van der Waals surface area contributed by atoms with Gasteiger partial charge in [0.1, 0.15) is 0 Å². The van der Waals surface area contributed by atoms with Gasteiger partial charge in [-0.05, 0) is 37.1 Å². The van der Waals surface area contributed by atoms with Crippen molar-refractivity contribution in [1.82, 2.24) is 4.90 Å². The van der Waals surface area contributed by atoms with Crippen molar-refractivity contribution >= 4 is 35.0 Å². The minimum atomic E-state index is -0.663. The Hall–Kier alpha value is -3.66. The molecule has 10 nitrogen and oxygen atoms in total. The van der Waals surface area contributed by atoms with E-state index in [1.807, 2.05) is 0 Å². The first-order valence-corrected chi connectivity index (χ1v) is 11.0. The molecule has 3 N–H and O–H groups in total. The van der Waals surface area contributed by atoms with Crippen LogP contribution in [-0.4, -0.2) is 56.2 Å². The van der Waals surface area contributed by atoms with Gasteiger partial charge in [0.25, 0.3) is 11.8 Å². The first-order chi connectivity index (χ1) is 16.4. The van der Waals surface area contributed by atoms with Crippen molar-refractivity contribution in [1.29, 1.82) is 0 Å². The van der Waals surface area contributed by atoms with E-state index in [2.05, 4.69) is 5.32 Å². The third-order valence-corrected chi connectivity index (χ3v) is 5.91. The number of methoxy groups -OCH3 is 1. The molecule has 4 rings (SSSR count). The molecule has 1 saturated heterocycles. The second-order valence-electron chi connectivity index (χ2n) is 7.87. The zero-order valence-corrected chi connectivity index (χ0v) is 19.2. The van der Waals surface area contributed by atoms with E-state index in [9.17, 15) is 14.4 Å². The van der Waals surface area contributed by atoms with Crippen LogP contribution in [0.3, 0.4) is 0 Å². The molecule has 0 atom stereocenters. The van der Waals surface area contributed by atoms with Gasteiger partial charge in [0.2, 0.25) is 12.7 Å². The van der Waals surface area contributed by atoms with Gasteiger partial charge in [-0.2, -0.15) is 0 Å². The third-order valence-electron chi connectivity index (χ3n) is 5.63. The molecule has 34 heavy (non-hydrogen) atoms. The number of piperidine rings is 1. The van der Waals surface area contributed by atoms with E-state index in [4.69, 9.17) is 36.3 Å². The summed E-state index contributed by atoms with van der Waals surface area (Å²) in [4.78, 5) is 38.4. The highest BCUT2D eigenvalue weighted by molar-refractivity contribution is 6.32. The summed E-state index contributed by atoms with van der Waals surface area (Å²) < 4.78 is 21.2. The van der Waals surface area contributed by atoms with Gasteiger partial charge in [0, 0.05) is 36.3 Å². The quantitative estimate of drug-likeness (QED) is 0.611. The maximum absolute atomic E-state index is 13.0. The maximum atomic E-state index is 13.0. The Morgan fingerprint density at radius 2 is 1.88 bits per heavy atom. The molecule has 0 aliphatic carbocycles. The summed E-state index contributed by atoms with van der Waals surface area (Å²) in [7, 11) is 1.40. The zero-order valence-electron chi connectivity index (χ0n) is 18.5. The molecule has 2 aliphatic rings. The predicted octanol–water partition coefficient (Wildman–Crippen LogP) is 2.43. The summed E-state index contributed by atoms with van der Waals surface area (Å²) in [5.41, 5.74) is 6.06. The number of nitrogens with two attached hydrogens (primary N) is 1. The largest absolute Gasteiger partial charge is 0.493 e. The first-order valence-electron chi connectivity index (χ1n) is 10.6. The van der Waals surface area contributed by atoms with Gasteiger partial charge in [-0.15, -0.1) is 0 Å². The van der Waals surface area contributed by atoms with Crippen LogP contribution in [0.1, 0.15) is 23.2 Å². The molecule has 0 aromatic heterocycles. The smallest absolute Gasteiger partial charge is 0.255 e. The van der Waals surface area contributed by atoms with Crippen LogP contribution < -0.4 is 30.0 Å². The van der Waals surface area contributed by atoms with E-state index in [0.717, 1.165) is 0 Å². The number of carbonyl (C=O) groups excluding carboxylic acids is 3. The van der Waals surface area contributed by atoms with E-state index >= 15 is 0 Å². The lowest BCUT2D eigenvalue weighted by Crippen LogP contribution is -2.41. The fourth-order valence-electron chi connectivity index (χ4n) is 3.87. The number of carbonyl (C=O) groups is 3. The number of rotatable bonds is 7. The van der Waals surface area contributed by atoms with Crippen LogP contribution in [0, 0.1) is 5.92 Å². The van der Waals surface area contributed by atoms with Crippen molar-refractivity contribution < 1.29 is 33.3 Å². The van der Waals surface area contributed by atoms with Crippen LogP contribution in [0.4, 0.5) is 5.69 Å². The number of fused-ring (bicyclic) bond motifs is 1. The highest BCUT2D eigenvalue weighted by atomic mass is 35.5. The molecule has 0 bridgehead atoms. The number of nitrogens with one attached hydrogen (secondary N) is 1. The summed E-state index contributed by atoms with van der Waals surface area (Å²) in [6.45, 7) is 0.625. The normalized spacial score (nSPS) is 15.1. The molecule has 180 valence electrons. The highest BCUT2D eigenvalue weighted by Gasteiger charge is 2.29. The summed E-state index contributed by atoms with van der Waals surface area (Å²) >= 11 is 6.26. The number of hydrogen-bond acceptors (Lipinski definition) is 7. The molecule has 0 saturated carbocycles. The SMILES string of the molecule is COc1cc(C(=O)N2CCC(C(=O)Nc3ccc4c(c3)OCO4)CC2)cc(Cl)c1OCC(N)=O. The minimum Gasteiger partial charge on any atom is -0.493 e. The van der Waals surface area contributed by atoms with Crippen LogP contribution in [0.15, 0.2) is 30.3 Å². The Bertz CT molecular complexity index is 1120. The van der Waals surface area contributed by atoms with E-state index in [-0.39, 0.29) is 47.7 Å². The average Bonchev–Trinajstić information content (AvgIpc) is 3.30. The second kappa shape index (κ2) is 10.1. The van der Waals surface area contributed by atoms with Crippen LogP contribution in [0.2, 0.25) is 5.02 Å². The topological polar surface area (TPSA) is 129 Å². The molecule has 0 spiro atoms. The summed E-state index contributed by atoms with van der Waals surface area (Å²) in [5, 5.41) is 3.03. The maximum Gasteiger partial charge on any atom is 0.255 e. The molecule has 11 heteroatoms. The number of hydrogen-bond donors (Lipinski definition) is 2. The molecule has 2 heterocycles. The minimum absolute atomic E-state index is 0.105. The van der Waals surface area contributed by atoms with Crippen molar-refractivity contribution in [2.45, 2.75) is 12.8 Å². The second-order valence-corrected chi connectivity index (χ2v) is 8.28. The number of anilines is 1. The lowest BCUT2D eigenvalue weighted by atomic mass is 9.95.